The van der Waals surface area contributed by atoms with Crippen LogP contribution in [0, 0.1) is 24.0 Å². The Bertz CT molecular complexity index is 759. The molecule has 2 rings (SSSR count). The molecule has 0 aliphatic carbocycles. The normalized spacial score (nSPS) is 11.6. The van der Waals surface area contributed by atoms with Crippen LogP contribution in [0.3, 0.4) is 0 Å². The molecule has 0 aromatic heterocycles. The number of carbonyl (C=O) groups excluding carboxylic acids is 1. The number of ether oxygens (including phenoxy) is 1. The Morgan fingerprint density at radius 3 is 2.56 bits per heavy atom. The summed E-state index contributed by atoms with van der Waals surface area (Å²) in [5.74, 6) is 0.285. The van der Waals surface area contributed by atoms with Crippen LogP contribution in [0.15, 0.2) is 42.5 Å². The van der Waals surface area contributed by atoms with Crippen LogP contribution in [-0.4, -0.2) is 29.1 Å². The van der Waals surface area contributed by atoms with Gasteiger partial charge in [-0.25, -0.2) is 0 Å². The van der Waals surface area contributed by atoms with E-state index in [1.54, 1.807) is 6.07 Å². The van der Waals surface area contributed by atoms with Crippen molar-refractivity contribution < 1.29 is 19.6 Å². The third-order valence-electron chi connectivity index (χ3n) is 3.89. The number of nitrogens with zero attached hydrogens (tertiary/aromatic N) is 1. The molecule has 1 unspecified atom stereocenters. The number of aryl methyl sites for hydroxylation is 1. The lowest BCUT2D eigenvalue weighted by atomic mass is 10.1. The van der Waals surface area contributed by atoms with Crippen molar-refractivity contribution in [1.82, 2.24) is 5.32 Å². The van der Waals surface area contributed by atoms with Crippen LogP contribution < -0.4 is 10.1 Å². The Morgan fingerprint density at radius 2 is 1.92 bits per heavy atom. The second-order valence-electron chi connectivity index (χ2n) is 5.66. The van der Waals surface area contributed by atoms with E-state index >= 15 is 0 Å². The Labute approximate surface area is 145 Å². The van der Waals surface area contributed by atoms with Crippen molar-refractivity contribution >= 4 is 11.6 Å². The molecule has 2 N–H and O–H groups in total. The highest BCUT2D eigenvalue weighted by Crippen LogP contribution is 2.20. The molecule has 0 radical (unpaired) electrons. The molecule has 0 spiro atoms. The lowest BCUT2D eigenvalue weighted by Crippen LogP contribution is -2.32. The van der Waals surface area contributed by atoms with Crippen LogP contribution in [0.1, 0.15) is 22.8 Å². The van der Waals surface area contributed by atoms with Crippen LogP contribution in [0.2, 0.25) is 0 Å². The third-order valence-corrected chi connectivity index (χ3v) is 3.89. The molecule has 0 saturated heterocycles. The van der Waals surface area contributed by atoms with Crippen molar-refractivity contribution in [3.05, 3.63) is 69.3 Å². The largest absolute Gasteiger partial charge is 0.483 e. The Morgan fingerprint density at radius 1 is 1.24 bits per heavy atom. The number of nitro benzene ring substituents is 1. The monoisotopic (exact) mass is 344 g/mol. The number of benzene rings is 2. The maximum absolute atomic E-state index is 11.9. The summed E-state index contributed by atoms with van der Waals surface area (Å²) in [6.45, 7) is 3.72. The van der Waals surface area contributed by atoms with Gasteiger partial charge in [0, 0.05) is 18.7 Å². The summed E-state index contributed by atoms with van der Waals surface area (Å²) in [6, 6.07) is 11.1. The number of carbonyl (C=O) groups is 1. The lowest BCUT2D eigenvalue weighted by molar-refractivity contribution is -0.384. The van der Waals surface area contributed by atoms with Crippen LogP contribution in [0.25, 0.3) is 0 Å². The molecule has 1 amide bonds. The molecule has 1 atom stereocenters. The highest BCUT2D eigenvalue weighted by Gasteiger charge is 2.12. The maximum atomic E-state index is 11.9. The molecule has 0 aliphatic heterocycles. The Kier molecular flexibility index (Phi) is 6.08. The van der Waals surface area contributed by atoms with E-state index in [1.165, 1.54) is 24.3 Å². The van der Waals surface area contributed by atoms with E-state index < -0.39 is 11.0 Å². The van der Waals surface area contributed by atoms with Gasteiger partial charge in [-0.15, -0.1) is 0 Å². The fraction of sp³-hybridized carbons (Fsp3) is 0.278. The molecular formula is C18H20N2O5. The van der Waals surface area contributed by atoms with Crippen molar-refractivity contribution in [2.24, 2.45) is 0 Å². The summed E-state index contributed by atoms with van der Waals surface area (Å²) in [7, 11) is 0. The number of non-ortho nitro benzene ring substituents is 1. The van der Waals surface area contributed by atoms with E-state index in [9.17, 15) is 20.0 Å². The van der Waals surface area contributed by atoms with Crippen LogP contribution in [0.4, 0.5) is 5.69 Å². The molecule has 2 aromatic carbocycles. The zero-order valence-electron chi connectivity index (χ0n) is 14.1. The van der Waals surface area contributed by atoms with Crippen LogP contribution >= 0.6 is 0 Å². The second kappa shape index (κ2) is 8.25. The average molecular weight is 344 g/mol. The molecule has 0 aliphatic rings. The number of aliphatic hydroxyl groups excluding tert-OH is 1. The number of aliphatic hydroxyl groups is 1. The summed E-state index contributed by atoms with van der Waals surface area (Å²) in [4.78, 5) is 21.9. The van der Waals surface area contributed by atoms with Crippen LogP contribution in [-0.2, 0) is 4.79 Å². The zero-order valence-corrected chi connectivity index (χ0v) is 14.1. The summed E-state index contributed by atoms with van der Waals surface area (Å²) >= 11 is 0. The first-order valence-electron chi connectivity index (χ1n) is 7.76. The van der Waals surface area contributed by atoms with Gasteiger partial charge in [0.2, 0.25) is 0 Å². The van der Waals surface area contributed by atoms with Crippen molar-refractivity contribution in [3.63, 3.8) is 0 Å². The Hall–Kier alpha value is -2.93. The quantitative estimate of drug-likeness (QED) is 0.593. The minimum atomic E-state index is -0.953. The molecular weight excluding hydrogens is 324 g/mol. The van der Waals surface area contributed by atoms with E-state index in [-0.39, 0.29) is 24.7 Å². The van der Waals surface area contributed by atoms with E-state index in [0.717, 1.165) is 11.1 Å². The Balaban J connectivity index is 1.82. The molecule has 0 saturated carbocycles. The first-order valence-corrected chi connectivity index (χ1v) is 7.76. The number of amides is 1. The van der Waals surface area contributed by atoms with Gasteiger partial charge in [-0.3, -0.25) is 14.9 Å². The van der Waals surface area contributed by atoms with Gasteiger partial charge in [-0.2, -0.15) is 0 Å². The van der Waals surface area contributed by atoms with Gasteiger partial charge in [0.1, 0.15) is 5.75 Å². The first-order chi connectivity index (χ1) is 11.9. The van der Waals surface area contributed by atoms with Crippen LogP contribution in [0.5, 0.6) is 5.75 Å². The fourth-order valence-corrected chi connectivity index (χ4v) is 2.22. The van der Waals surface area contributed by atoms with E-state index in [1.807, 2.05) is 26.0 Å². The number of rotatable bonds is 7. The van der Waals surface area contributed by atoms with Gasteiger partial charge in [0.05, 0.1) is 11.0 Å². The van der Waals surface area contributed by atoms with Gasteiger partial charge in [0.25, 0.3) is 11.6 Å². The van der Waals surface area contributed by atoms with Crippen molar-refractivity contribution in [2.75, 3.05) is 13.2 Å². The summed E-state index contributed by atoms with van der Waals surface area (Å²) < 4.78 is 5.49. The third kappa shape index (κ3) is 5.02. The minimum Gasteiger partial charge on any atom is -0.483 e. The van der Waals surface area contributed by atoms with Gasteiger partial charge < -0.3 is 15.2 Å². The second-order valence-corrected chi connectivity index (χ2v) is 5.66. The molecule has 7 heteroatoms. The summed E-state index contributed by atoms with van der Waals surface area (Å²) in [5.41, 5.74) is 2.48. The van der Waals surface area contributed by atoms with Crippen molar-refractivity contribution in [3.8, 4) is 5.75 Å². The fourth-order valence-electron chi connectivity index (χ4n) is 2.22. The summed E-state index contributed by atoms with van der Waals surface area (Å²) in [6.07, 6.45) is -0.953. The number of nitrogens with one attached hydrogen (secondary N) is 1. The van der Waals surface area contributed by atoms with E-state index in [0.29, 0.717) is 11.3 Å². The number of nitro groups is 1. The average Bonchev–Trinajstić information content (AvgIpc) is 2.61. The molecule has 132 valence electrons. The predicted molar refractivity (Wildman–Crippen MR) is 92.5 cm³/mol. The molecule has 7 nitrogen and oxygen atoms in total. The molecule has 0 heterocycles. The van der Waals surface area contributed by atoms with Gasteiger partial charge in [-0.05, 0) is 48.7 Å². The topological polar surface area (TPSA) is 102 Å². The van der Waals surface area contributed by atoms with E-state index in [2.05, 4.69) is 5.32 Å². The smallest absolute Gasteiger partial charge is 0.269 e. The molecule has 0 bridgehead atoms. The van der Waals surface area contributed by atoms with Gasteiger partial charge in [-0.1, -0.05) is 12.1 Å². The molecule has 25 heavy (non-hydrogen) atoms. The highest BCUT2D eigenvalue weighted by molar-refractivity contribution is 5.77. The SMILES string of the molecule is Cc1cccc(OCC(=O)NCC(O)c2ccc([N+](=O)[O-])cc2)c1C. The molecule has 0 fully saturated rings. The minimum absolute atomic E-state index is 0.00714. The van der Waals surface area contributed by atoms with Crippen molar-refractivity contribution in [2.45, 2.75) is 20.0 Å². The first kappa shape index (κ1) is 18.4. The van der Waals surface area contributed by atoms with Crippen molar-refractivity contribution in [1.29, 1.82) is 0 Å². The van der Waals surface area contributed by atoms with Gasteiger partial charge in [0.15, 0.2) is 6.61 Å². The molecule has 2 aromatic rings. The summed E-state index contributed by atoms with van der Waals surface area (Å²) in [5, 5.41) is 23.2. The van der Waals surface area contributed by atoms with Gasteiger partial charge >= 0.3 is 0 Å². The zero-order chi connectivity index (χ0) is 18.4. The number of hydrogen-bond donors (Lipinski definition) is 2. The maximum Gasteiger partial charge on any atom is 0.269 e. The number of hydrogen-bond acceptors (Lipinski definition) is 5. The van der Waals surface area contributed by atoms with E-state index in [4.69, 9.17) is 4.74 Å². The lowest BCUT2D eigenvalue weighted by Gasteiger charge is -2.13. The highest BCUT2D eigenvalue weighted by atomic mass is 16.6. The predicted octanol–water partition coefficient (Wildman–Crippen LogP) is 2.44. The standard InChI is InChI=1S/C18H20N2O5/c1-12-4-3-5-17(13(12)2)25-11-18(22)19-10-16(21)14-6-8-15(9-7-14)20(23)24/h3-9,16,21H,10-11H2,1-2H3,(H,19,22).